The van der Waals surface area contributed by atoms with Crippen LogP contribution in [0.3, 0.4) is 0 Å². The molecule has 0 N–H and O–H groups in total. The van der Waals surface area contributed by atoms with E-state index >= 15 is 0 Å². The molecule has 0 amide bonds. The van der Waals surface area contributed by atoms with Crippen LogP contribution in [0, 0.1) is 5.92 Å². The van der Waals surface area contributed by atoms with Gasteiger partial charge in [-0.25, -0.2) is 0 Å². The number of carbonyl (C=O) groups is 2. The zero-order chi connectivity index (χ0) is 17.8. The lowest BCUT2D eigenvalue weighted by atomic mass is 9.73. The Balaban J connectivity index is 2.00. The normalized spacial score (nSPS) is 20.3. The zero-order valence-electron chi connectivity index (χ0n) is 14.5. The van der Waals surface area contributed by atoms with Crippen LogP contribution in [0.4, 0.5) is 0 Å². The molecule has 0 aromatic heterocycles. The Kier molecular flexibility index (Phi) is 5.13. The number of allylic oxidation sites excluding steroid dienone is 2. The first-order valence-electron chi connectivity index (χ1n) is 8.61. The fourth-order valence-electron chi connectivity index (χ4n) is 3.32. The highest BCUT2D eigenvalue weighted by atomic mass is 16.5. The summed E-state index contributed by atoms with van der Waals surface area (Å²) in [7, 11) is 0. The van der Waals surface area contributed by atoms with Gasteiger partial charge in [0.05, 0.1) is 6.10 Å². The third kappa shape index (κ3) is 3.87. The van der Waals surface area contributed by atoms with Gasteiger partial charge < -0.3 is 4.74 Å². The molecule has 0 saturated heterocycles. The average molecular weight is 334 g/mol. The highest BCUT2D eigenvalue weighted by Gasteiger charge is 2.40. The molecule has 3 nitrogen and oxygen atoms in total. The number of hydrogen-bond donors (Lipinski definition) is 0. The monoisotopic (exact) mass is 334 g/mol. The second kappa shape index (κ2) is 7.47. The molecule has 3 heteroatoms. The minimum Gasteiger partial charge on any atom is -0.462 e. The average Bonchev–Trinajstić information content (AvgIpc) is 2.61. The van der Waals surface area contributed by atoms with E-state index in [4.69, 9.17) is 4.74 Å². The van der Waals surface area contributed by atoms with Gasteiger partial charge in [0.2, 0.25) is 0 Å². The molecule has 2 atom stereocenters. The summed E-state index contributed by atoms with van der Waals surface area (Å²) < 4.78 is 5.36. The minimum absolute atomic E-state index is 0.176. The van der Waals surface area contributed by atoms with E-state index in [2.05, 4.69) is 0 Å². The summed E-state index contributed by atoms with van der Waals surface area (Å²) >= 11 is 0. The van der Waals surface area contributed by atoms with E-state index in [1.165, 1.54) is 0 Å². The van der Waals surface area contributed by atoms with E-state index in [1.54, 1.807) is 19.9 Å². The van der Waals surface area contributed by atoms with Crippen molar-refractivity contribution < 1.29 is 14.3 Å². The first-order chi connectivity index (χ1) is 12.1. The van der Waals surface area contributed by atoms with Crippen molar-refractivity contribution in [3.8, 4) is 0 Å². The SMILES string of the molecule is CC(C)OC(=O)[C@@H]1C(=O)C=C(c2ccccc2)C[C@@H]1c1ccccc1. The van der Waals surface area contributed by atoms with Gasteiger partial charge in [0.1, 0.15) is 5.92 Å². The fourth-order valence-corrected chi connectivity index (χ4v) is 3.32. The molecule has 0 bridgehead atoms. The van der Waals surface area contributed by atoms with Crippen molar-refractivity contribution in [1.82, 2.24) is 0 Å². The molecule has 0 spiro atoms. The van der Waals surface area contributed by atoms with Crippen molar-refractivity contribution in [1.29, 1.82) is 0 Å². The Hall–Kier alpha value is -2.68. The van der Waals surface area contributed by atoms with Gasteiger partial charge in [-0.3, -0.25) is 9.59 Å². The maximum absolute atomic E-state index is 12.8. The maximum Gasteiger partial charge on any atom is 0.317 e. The third-order valence-electron chi connectivity index (χ3n) is 4.44. The van der Waals surface area contributed by atoms with Crippen molar-refractivity contribution in [3.05, 3.63) is 77.9 Å². The number of esters is 1. The lowest BCUT2D eigenvalue weighted by molar-refractivity contribution is -0.155. The number of benzene rings is 2. The first kappa shape index (κ1) is 17.2. The van der Waals surface area contributed by atoms with Gasteiger partial charge in [0.15, 0.2) is 5.78 Å². The molecule has 0 radical (unpaired) electrons. The molecule has 2 aromatic carbocycles. The molecule has 25 heavy (non-hydrogen) atoms. The molecule has 2 aromatic rings. The summed E-state index contributed by atoms with van der Waals surface area (Å²) in [5.41, 5.74) is 2.98. The summed E-state index contributed by atoms with van der Waals surface area (Å²) in [4.78, 5) is 25.4. The molecule has 128 valence electrons. The Morgan fingerprint density at radius 3 is 2.20 bits per heavy atom. The molecule has 0 fully saturated rings. The number of ether oxygens (including phenoxy) is 1. The molecule has 3 rings (SSSR count). The summed E-state index contributed by atoms with van der Waals surface area (Å²) in [6, 6.07) is 19.6. The highest BCUT2D eigenvalue weighted by Crippen LogP contribution is 2.40. The number of carbonyl (C=O) groups excluding carboxylic acids is 2. The van der Waals surface area contributed by atoms with Crippen LogP contribution in [0.2, 0.25) is 0 Å². The second-order valence-corrected chi connectivity index (χ2v) is 6.62. The van der Waals surface area contributed by atoms with Crippen molar-refractivity contribution in [3.63, 3.8) is 0 Å². The molecular weight excluding hydrogens is 312 g/mol. The van der Waals surface area contributed by atoms with E-state index in [9.17, 15) is 9.59 Å². The Morgan fingerprint density at radius 1 is 1.00 bits per heavy atom. The molecule has 0 unspecified atom stereocenters. The molecule has 0 heterocycles. The van der Waals surface area contributed by atoms with Crippen LogP contribution in [-0.2, 0) is 14.3 Å². The Morgan fingerprint density at radius 2 is 1.60 bits per heavy atom. The Labute approximate surface area is 148 Å². The van der Waals surface area contributed by atoms with Gasteiger partial charge in [-0.2, -0.15) is 0 Å². The smallest absolute Gasteiger partial charge is 0.317 e. The minimum atomic E-state index is -0.780. The molecular formula is C22H22O3. The standard InChI is InChI=1S/C22H22O3/c1-15(2)25-22(24)21-19(17-11-7-4-8-12-17)13-18(14-20(21)23)16-9-5-3-6-10-16/h3-12,14-15,19,21H,13H2,1-2H3/t19-,21+/m1/s1. The van der Waals surface area contributed by atoms with Gasteiger partial charge in [-0.1, -0.05) is 60.7 Å². The van der Waals surface area contributed by atoms with Gasteiger partial charge in [-0.05, 0) is 43.0 Å². The van der Waals surface area contributed by atoms with E-state index < -0.39 is 11.9 Å². The van der Waals surface area contributed by atoms with Crippen molar-refractivity contribution >= 4 is 17.3 Å². The van der Waals surface area contributed by atoms with Gasteiger partial charge >= 0.3 is 5.97 Å². The number of rotatable bonds is 4. The predicted molar refractivity (Wildman–Crippen MR) is 97.9 cm³/mol. The van der Waals surface area contributed by atoms with Crippen molar-refractivity contribution in [2.45, 2.75) is 32.3 Å². The van der Waals surface area contributed by atoms with Crippen LogP contribution in [-0.4, -0.2) is 17.9 Å². The topological polar surface area (TPSA) is 43.4 Å². The van der Waals surface area contributed by atoms with Crippen LogP contribution in [0.1, 0.15) is 37.3 Å². The summed E-state index contributed by atoms with van der Waals surface area (Å²) in [5, 5.41) is 0. The van der Waals surface area contributed by atoms with Crippen LogP contribution < -0.4 is 0 Å². The van der Waals surface area contributed by atoms with Crippen molar-refractivity contribution in [2.24, 2.45) is 5.92 Å². The van der Waals surface area contributed by atoms with Gasteiger partial charge in [-0.15, -0.1) is 0 Å². The van der Waals surface area contributed by atoms with Gasteiger partial charge in [0.25, 0.3) is 0 Å². The van der Waals surface area contributed by atoms with E-state index in [-0.39, 0.29) is 17.8 Å². The van der Waals surface area contributed by atoms with Crippen LogP contribution in [0.5, 0.6) is 0 Å². The first-order valence-corrected chi connectivity index (χ1v) is 8.61. The van der Waals surface area contributed by atoms with Crippen LogP contribution >= 0.6 is 0 Å². The predicted octanol–water partition coefficient (Wildman–Crippen LogP) is 4.39. The largest absolute Gasteiger partial charge is 0.462 e. The fraction of sp³-hybridized carbons (Fsp3) is 0.273. The number of hydrogen-bond acceptors (Lipinski definition) is 3. The molecule has 0 aliphatic heterocycles. The summed E-state index contributed by atoms with van der Waals surface area (Å²) in [5.74, 6) is -1.60. The summed E-state index contributed by atoms with van der Waals surface area (Å²) in [6.07, 6.45) is 2.01. The number of ketones is 1. The van der Waals surface area contributed by atoms with E-state index in [1.807, 2.05) is 60.7 Å². The van der Waals surface area contributed by atoms with E-state index in [0.29, 0.717) is 6.42 Å². The third-order valence-corrected chi connectivity index (χ3v) is 4.44. The summed E-state index contributed by atoms with van der Waals surface area (Å²) in [6.45, 7) is 3.60. The van der Waals surface area contributed by atoms with Gasteiger partial charge in [0, 0.05) is 5.92 Å². The maximum atomic E-state index is 12.8. The molecule has 1 aliphatic carbocycles. The van der Waals surface area contributed by atoms with Crippen LogP contribution in [0.15, 0.2) is 66.7 Å². The lowest BCUT2D eigenvalue weighted by Gasteiger charge is -2.30. The molecule has 0 saturated carbocycles. The Bertz CT molecular complexity index is 775. The lowest BCUT2D eigenvalue weighted by Crippen LogP contribution is -2.35. The highest BCUT2D eigenvalue weighted by molar-refractivity contribution is 6.10. The van der Waals surface area contributed by atoms with Crippen LogP contribution in [0.25, 0.3) is 5.57 Å². The second-order valence-electron chi connectivity index (χ2n) is 6.62. The zero-order valence-corrected chi connectivity index (χ0v) is 14.5. The molecule has 1 aliphatic rings. The van der Waals surface area contributed by atoms with Crippen molar-refractivity contribution in [2.75, 3.05) is 0 Å². The van der Waals surface area contributed by atoms with E-state index in [0.717, 1.165) is 16.7 Å². The quantitative estimate of drug-likeness (QED) is 0.615.